The topological polar surface area (TPSA) is 30.7 Å². The maximum Gasteiger partial charge on any atom is 0.160 e. The van der Waals surface area contributed by atoms with E-state index in [1.807, 2.05) is 11.3 Å². The molecule has 0 radical (unpaired) electrons. The van der Waals surface area contributed by atoms with Gasteiger partial charge in [-0.3, -0.25) is 0 Å². The molecule has 0 aliphatic heterocycles. The van der Waals surface area contributed by atoms with E-state index < -0.39 is 0 Å². The first-order valence-corrected chi connectivity index (χ1v) is 17.7. The molecule has 3 heterocycles. The summed E-state index contributed by atoms with van der Waals surface area (Å²) in [6, 6.07) is 58.7. The van der Waals surface area contributed by atoms with Gasteiger partial charge >= 0.3 is 0 Å². The third kappa shape index (κ3) is 3.97. The number of hydrogen-bond donors (Lipinski definition) is 0. The lowest BCUT2D eigenvalue weighted by atomic mass is 10.00. The van der Waals surface area contributed by atoms with Gasteiger partial charge in [-0.05, 0) is 47.2 Å². The minimum absolute atomic E-state index is 0.713. The number of benzene rings is 8. The molecule has 11 rings (SSSR count). The summed E-state index contributed by atoms with van der Waals surface area (Å²) in [4.78, 5) is 10.4. The molecule has 8 aromatic carbocycles. The van der Waals surface area contributed by atoms with Gasteiger partial charge in [-0.15, -0.1) is 11.3 Å². The Balaban J connectivity index is 1.20. The lowest BCUT2D eigenvalue weighted by Gasteiger charge is -2.13. The van der Waals surface area contributed by atoms with Crippen molar-refractivity contribution in [1.82, 2.24) is 14.5 Å². The van der Waals surface area contributed by atoms with Crippen molar-refractivity contribution in [3.63, 3.8) is 0 Å². The van der Waals surface area contributed by atoms with Gasteiger partial charge in [0.2, 0.25) is 0 Å². The Kier molecular flexibility index (Phi) is 5.83. The van der Waals surface area contributed by atoms with E-state index in [4.69, 9.17) is 9.97 Å². The first-order valence-electron chi connectivity index (χ1n) is 16.9. The van der Waals surface area contributed by atoms with Gasteiger partial charge in [0.15, 0.2) is 5.82 Å². The van der Waals surface area contributed by atoms with E-state index in [0.29, 0.717) is 5.82 Å². The van der Waals surface area contributed by atoms with Gasteiger partial charge in [0.25, 0.3) is 0 Å². The molecule has 0 atom stereocenters. The molecule has 3 aromatic heterocycles. The summed E-state index contributed by atoms with van der Waals surface area (Å²) in [5.74, 6) is 0.713. The summed E-state index contributed by atoms with van der Waals surface area (Å²) in [5.41, 5.74) is 7.43. The maximum absolute atomic E-state index is 5.29. The van der Waals surface area contributed by atoms with Crippen LogP contribution in [0.3, 0.4) is 0 Å². The summed E-state index contributed by atoms with van der Waals surface area (Å²) < 4.78 is 5.11. The van der Waals surface area contributed by atoms with Gasteiger partial charge < -0.3 is 4.57 Å². The first-order chi connectivity index (χ1) is 24.8. The van der Waals surface area contributed by atoms with E-state index in [-0.39, 0.29) is 0 Å². The van der Waals surface area contributed by atoms with Gasteiger partial charge in [-0.25, -0.2) is 9.97 Å². The molecule has 0 saturated heterocycles. The van der Waals surface area contributed by atoms with Crippen molar-refractivity contribution < 1.29 is 0 Å². The fraction of sp³-hybridized carbons (Fsp3) is 0. The average Bonchev–Trinajstić information content (AvgIpc) is 3.74. The monoisotopic (exact) mass is 653 g/mol. The molecule has 0 aliphatic carbocycles. The van der Waals surface area contributed by atoms with E-state index in [1.165, 1.54) is 63.5 Å². The van der Waals surface area contributed by atoms with Crippen LogP contribution in [0.5, 0.6) is 0 Å². The minimum Gasteiger partial charge on any atom is -0.309 e. The maximum atomic E-state index is 5.29. The number of fused-ring (bicyclic) bond motifs is 12. The SMILES string of the molecule is c1cc(-c2nc(-c3ccc4ccccc4c3)c3ccccc3n2)cc(-n2c3ccccc3c3c4c5ccccc5sc4c4ccccc4c32)c1. The van der Waals surface area contributed by atoms with Gasteiger partial charge in [0.05, 0.1) is 22.2 Å². The summed E-state index contributed by atoms with van der Waals surface area (Å²) in [7, 11) is 0. The summed E-state index contributed by atoms with van der Waals surface area (Å²) >= 11 is 1.89. The van der Waals surface area contributed by atoms with E-state index in [1.54, 1.807) is 0 Å². The standard InChI is InChI=1S/C46H27N3S/c1-2-13-29-26-30(25-24-28(29)12-1)43-35-18-5-8-21-38(35)47-46(48-43)31-14-11-15-32(27-31)49-39-22-9-6-19-36(39)41-42-37-20-7-10-23-40(37)50-45(42)34-17-4-3-16-33(34)44(41)49/h1-27H. The highest BCUT2D eigenvalue weighted by molar-refractivity contribution is 7.27. The average molecular weight is 654 g/mol. The van der Waals surface area contributed by atoms with Crippen molar-refractivity contribution in [1.29, 1.82) is 0 Å². The molecule has 0 N–H and O–H groups in total. The molecular formula is C46H27N3S. The Labute approximate surface area is 291 Å². The second-order valence-corrected chi connectivity index (χ2v) is 14.0. The number of thiophene rings is 1. The van der Waals surface area contributed by atoms with Crippen molar-refractivity contribution in [3.8, 4) is 28.3 Å². The fourth-order valence-corrected chi connectivity index (χ4v) is 9.18. The van der Waals surface area contributed by atoms with E-state index >= 15 is 0 Å². The Morgan fingerprint density at radius 2 is 1.18 bits per heavy atom. The van der Waals surface area contributed by atoms with Crippen LogP contribution in [0.4, 0.5) is 0 Å². The largest absolute Gasteiger partial charge is 0.309 e. The van der Waals surface area contributed by atoms with Crippen molar-refractivity contribution in [2.75, 3.05) is 0 Å². The van der Waals surface area contributed by atoms with Crippen molar-refractivity contribution in [2.24, 2.45) is 0 Å². The number of nitrogens with zero attached hydrogens (tertiary/aromatic N) is 3. The summed E-state index contributed by atoms with van der Waals surface area (Å²) in [6.07, 6.45) is 0. The molecule has 0 fully saturated rings. The van der Waals surface area contributed by atoms with Gasteiger partial charge in [0.1, 0.15) is 0 Å². The molecule has 50 heavy (non-hydrogen) atoms. The zero-order chi connectivity index (χ0) is 32.8. The van der Waals surface area contributed by atoms with Crippen molar-refractivity contribution in [2.45, 2.75) is 0 Å². The number of para-hydroxylation sites is 2. The predicted molar refractivity (Wildman–Crippen MR) is 213 cm³/mol. The van der Waals surface area contributed by atoms with E-state index in [0.717, 1.165) is 33.4 Å². The zero-order valence-electron chi connectivity index (χ0n) is 26.8. The summed E-state index contributed by atoms with van der Waals surface area (Å²) in [6.45, 7) is 0. The molecular weight excluding hydrogens is 627 g/mol. The molecule has 11 aromatic rings. The highest BCUT2D eigenvalue weighted by atomic mass is 32.1. The smallest absolute Gasteiger partial charge is 0.160 e. The third-order valence-electron chi connectivity index (χ3n) is 10.1. The number of aromatic nitrogens is 3. The normalized spacial score (nSPS) is 12.0. The Bertz CT molecular complexity index is 3170. The quantitative estimate of drug-likeness (QED) is 0.190. The third-order valence-corrected chi connectivity index (χ3v) is 11.3. The van der Waals surface area contributed by atoms with E-state index in [2.05, 4.69) is 168 Å². The minimum atomic E-state index is 0.713. The van der Waals surface area contributed by atoms with Crippen LogP contribution in [0.1, 0.15) is 0 Å². The molecule has 232 valence electrons. The Morgan fingerprint density at radius 1 is 0.460 bits per heavy atom. The van der Waals surface area contributed by atoms with Gasteiger partial charge in [-0.1, -0.05) is 127 Å². The highest BCUT2D eigenvalue weighted by Crippen LogP contribution is 2.48. The molecule has 0 aliphatic rings. The Morgan fingerprint density at radius 3 is 2.08 bits per heavy atom. The van der Waals surface area contributed by atoms with Crippen molar-refractivity contribution in [3.05, 3.63) is 164 Å². The van der Waals surface area contributed by atoms with Crippen LogP contribution >= 0.6 is 11.3 Å². The van der Waals surface area contributed by atoms with Gasteiger partial charge in [-0.2, -0.15) is 0 Å². The van der Waals surface area contributed by atoms with Crippen LogP contribution < -0.4 is 0 Å². The van der Waals surface area contributed by atoms with Crippen LogP contribution in [0.15, 0.2) is 164 Å². The second kappa shape index (κ2) is 10.6. The van der Waals surface area contributed by atoms with Crippen LogP contribution in [0.2, 0.25) is 0 Å². The van der Waals surface area contributed by atoms with Crippen LogP contribution in [-0.2, 0) is 0 Å². The molecule has 0 amide bonds. The number of rotatable bonds is 3. The highest BCUT2D eigenvalue weighted by Gasteiger charge is 2.22. The first kappa shape index (κ1) is 27.6. The molecule has 3 nitrogen and oxygen atoms in total. The molecule has 0 bridgehead atoms. The second-order valence-electron chi connectivity index (χ2n) is 12.9. The molecule has 0 spiro atoms. The number of hydrogen-bond acceptors (Lipinski definition) is 3. The Hall–Kier alpha value is -6.36. The van der Waals surface area contributed by atoms with Crippen molar-refractivity contribution >= 4 is 85.8 Å². The molecule has 0 unspecified atom stereocenters. The predicted octanol–water partition coefficient (Wildman–Crippen LogP) is 12.7. The van der Waals surface area contributed by atoms with Crippen LogP contribution in [-0.4, -0.2) is 14.5 Å². The van der Waals surface area contributed by atoms with Crippen LogP contribution in [0.25, 0.3) is 103 Å². The fourth-order valence-electron chi connectivity index (χ4n) is 7.93. The van der Waals surface area contributed by atoms with Gasteiger partial charge in [0, 0.05) is 63.9 Å². The zero-order valence-corrected chi connectivity index (χ0v) is 27.7. The van der Waals surface area contributed by atoms with E-state index in [9.17, 15) is 0 Å². The summed E-state index contributed by atoms with van der Waals surface area (Å²) in [5, 5.41) is 11.2. The lowest BCUT2D eigenvalue weighted by molar-refractivity contribution is 1.17. The molecule has 4 heteroatoms. The van der Waals surface area contributed by atoms with Crippen LogP contribution in [0, 0.1) is 0 Å². The lowest BCUT2D eigenvalue weighted by Crippen LogP contribution is -1.98. The molecule has 0 saturated carbocycles.